The van der Waals surface area contributed by atoms with Gasteiger partial charge in [-0.1, -0.05) is 34.1 Å². The molecule has 0 bridgehead atoms. The molecule has 3 nitrogen and oxygen atoms in total. The fraction of sp³-hybridized carbons (Fsp3) is 0.786. The van der Waals surface area contributed by atoms with E-state index in [0.29, 0.717) is 18.0 Å². The standard InChI is InChI=1S/C14H27N3/c1-6-8-12(15-5)13(7-2)17-10-9-16-14(17)11(3)4/h9-13,15H,6-8H2,1-5H3. The average molecular weight is 237 g/mol. The van der Waals surface area contributed by atoms with E-state index >= 15 is 0 Å². The van der Waals surface area contributed by atoms with Crippen molar-refractivity contribution in [2.45, 2.75) is 65.0 Å². The van der Waals surface area contributed by atoms with Gasteiger partial charge in [-0.05, 0) is 19.9 Å². The van der Waals surface area contributed by atoms with E-state index in [4.69, 9.17) is 0 Å². The summed E-state index contributed by atoms with van der Waals surface area (Å²) in [7, 11) is 2.06. The lowest BCUT2D eigenvalue weighted by Crippen LogP contribution is -2.35. The van der Waals surface area contributed by atoms with Crippen LogP contribution < -0.4 is 5.32 Å². The monoisotopic (exact) mass is 237 g/mol. The third kappa shape index (κ3) is 3.32. The fourth-order valence-corrected chi connectivity index (χ4v) is 2.57. The van der Waals surface area contributed by atoms with Crippen molar-refractivity contribution in [3.63, 3.8) is 0 Å². The number of hydrogen-bond donors (Lipinski definition) is 1. The van der Waals surface area contributed by atoms with E-state index in [1.807, 2.05) is 6.20 Å². The summed E-state index contributed by atoms with van der Waals surface area (Å²) in [4.78, 5) is 4.50. The van der Waals surface area contributed by atoms with E-state index in [2.05, 4.69) is 55.8 Å². The first kappa shape index (κ1) is 14.2. The molecule has 0 saturated carbocycles. The molecule has 0 aromatic carbocycles. The van der Waals surface area contributed by atoms with Crippen molar-refractivity contribution in [1.82, 2.24) is 14.9 Å². The molecule has 1 rings (SSSR count). The molecule has 2 atom stereocenters. The zero-order valence-electron chi connectivity index (χ0n) is 11.9. The maximum Gasteiger partial charge on any atom is 0.111 e. The topological polar surface area (TPSA) is 29.9 Å². The number of nitrogens with zero attached hydrogens (tertiary/aromatic N) is 2. The first-order valence-corrected chi connectivity index (χ1v) is 6.85. The number of likely N-dealkylation sites (N-methyl/N-ethyl adjacent to an activating group) is 1. The van der Waals surface area contributed by atoms with Gasteiger partial charge in [0.15, 0.2) is 0 Å². The summed E-state index contributed by atoms with van der Waals surface area (Å²) in [5.74, 6) is 1.69. The maximum atomic E-state index is 4.50. The number of imidazole rings is 1. The van der Waals surface area contributed by atoms with Crippen LogP contribution in [0.2, 0.25) is 0 Å². The van der Waals surface area contributed by atoms with Crippen LogP contribution in [0.1, 0.15) is 64.7 Å². The van der Waals surface area contributed by atoms with Crippen molar-refractivity contribution in [3.05, 3.63) is 18.2 Å². The summed E-state index contributed by atoms with van der Waals surface area (Å²) in [6.45, 7) is 8.92. The molecule has 1 aromatic heterocycles. The molecule has 1 heterocycles. The van der Waals surface area contributed by atoms with E-state index in [9.17, 15) is 0 Å². The van der Waals surface area contributed by atoms with Gasteiger partial charge in [0.25, 0.3) is 0 Å². The molecule has 0 aliphatic carbocycles. The molecule has 0 radical (unpaired) electrons. The molecule has 1 aromatic rings. The molecule has 0 saturated heterocycles. The number of rotatable bonds is 7. The zero-order chi connectivity index (χ0) is 12.8. The van der Waals surface area contributed by atoms with Gasteiger partial charge < -0.3 is 9.88 Å². The van der Waals surface area contributed by atoms with Gasteiger partial charge >= 0.3 is 0 Å². The Hall–Kier alpha value is -0.830. The molecule has 98 valence electrons. The Labute approximate surface area is 106 Å². The third-order valence-electron chi connectivity index (χ3n) is 3.43. The molecular weight excluding hydrogens is 210 g/mol. The molecule has 0 aliphatic rings. The predicted octanol–water partition coefficient (Wildman–Crippen LogP) is 3.35. The SMILES string of the molecule is CCCC(NC)C(CC)n1ccnc1C(C)C. The molecule has 3 heteroatoms. The van der Waals surface area contributed by atoms with Gasteiger partial charge in [-0.15, -0.1) is 0 Å². The van der Waals surface area contributed by atoms with Crippen LogP contribution in [0.15, 0.2) is 12.4 Å². The number of hydrogen-bond acceptors (Lipinski definition) is 2. The molecule has 0 aliphatic heterocycles. The van der Waals surface area contributed by atoms with E-state index in [1.165, 1.54) is 18.7 Å². The van der Waals surface area contributed by atoms with Crippen LogP contribution in [-0.4, -0.2) is 22.6 Å². The predicted molar refractivity (Wildman–Crippen MR) is 73.4 cm³/mol. The van der Waals surface area contributed by atoms with E-state index < -0.39 is 0 Å². The second kappa shape index (κ2) is 6.80. The lowest BCUT2D eigenvalue weighted by molar-refractivity contribution is 0.327. The highest BCUT2D eigenvalue weighted by atomic mass is 15.1. The third-order valence-corrected chi connectivity index (χ3v) is 3.43. The Morgan fingerprint density at radius 3 is 2.53 bits per heavy atom. The summed E-state index contributed by atoms with van der Waals surface area (Å²) in [5, 5.41) is 3.46. The summed E-state index contributed by atoms with van der Waals surface area (Å²) < 4.78 is 2.36. The zero-order valence-corrected chi connectivity index (χ0v) is 11.9. The van der Waals surface area contributed by atoms with Crippen LogP contribution in [0.3, 0.4) is 0 Å². The minimum absolute atomic E-state index is 0.484. The van der Waals surface area contributed by atoms with Gasteiger partial charge in [-0.3, -0.25) is 0 Å². The second-order valence-electron chi connectivity index (χ2n) is 5.01. The first-order valence-electron chi connectivity index (χ1n) is 6.85. The van der Waals surface area contributed by atoms with Crippen LogP contribution in [0.25, 0.3) is 0 Å². The van der Waals surface area contributed by atoms with E-state index in [0.717, 1.165) is 6.42 Å². The summed E-state index contributed by atoms with van der Waals surface area (Å²) in [5.41, 5.74) is 0. The molecular formula is C14H27N3. The first-order chi connectivity index (χ1) is 8.15. The Kier molecular flexibility index (Phi) is 5.69. The minimum atomic E-state index is 0.484. The fourth-order valence-electron chi connectivity index (χ4n) is 2.57. The maximum absolute atomic E-state index is 4.50. The molecule has 2 unspecified atom stereocenters. The Morgan fingerprint density at radius 2 is 2.06 bits per heavy atom. The summed E-state index contributed by atoms with van der Waals surface area (Å²) in [6, 6.07) is 1.05. The Balaban J connectivity index is 2.95. The summed E-state index contributed by atoms with van der Waals surface area (Å²) >= 11 is 0. The van der Waals surface area contributed by atoms with Gasteiger partial charge in [0.1, 0.15) is 5.82 Å². The lowest BCUT2D eigenvalue weighted by atomic mass is 10.00. The van der Waals surface area contributed by atoms with Gasteiger partial charge in [-0.25, -0.2) is 4.98 Å². The largest absolute Gasteiger partial charge is 0.330 e. The average Bonchev–Trinajstić information content (AvgIpc) is 2.78. The molecule has 1 N–H and O–H groups in total. The Morgan fingerprint density at radius 1 is 1.35 bits per heavy atom. The number of aromatic nitrogens is 2. The Bertz CT molecular complexity index is 317. The van der Waals surface area contributed by atoms with Crippen molar-refractivity contribution in [2.75, 3.05) is 7.05 Å². The molecule has 0 amide bonds. The van der Waals surface area contributed by atoms with Crippen LogP contribution in [-0.2, 0) is 0 Å². The summed E-state index contributed by atoms with van der Waals surface area (Å²) in [6.07, 6.45) is 7.63. The van der Waals surface area contributed by atoms with Crippen molar-refractivity contribution in [1.29, 1.82) is 0 Å². The molecule has 0 spiro atoms. The molecule has 0 fully saturated rings. The second-order valence-corrected chi connectivity index (χ2v) is 5.01. The highest BCUT2D eigenvalue weighted by Gasteiger charge is 2.22. The van der Waals surface area contributed by atoms with Crippen LogP contribution in [0.4, 0.5) is 0 Å². The van der Waals surface area contributed by atoms with Gasteiger partial charge in [0, 0.05) is 30.4 Å². The van der Waals surface area contributed by atoms with Crippen molar-refractivity contribution < 1.29 is 0 Å². The van der Waals surface area contributed by atoms with Crippen LogP contribution >= 0.6 is 0 Å². The van der Waals surface area contributed by atoms with Gasteiger partial charge in [0.05, 0.1) is 0 Å². The van der Waals surface area contributed by atoms with Crippen LogP contribution in [0.5, 0.6) is 0 Å². The number of nitrogens with one attached hydrogen (secondary N) is 1. The lowest BCUT2D eigenvalue weighted by Gasteiger charge is -2.29. The van der Waals surface area contributed by atoms with Gasteiger partial charge in [0.2, 0.25) is 0 Å². The highest BCUT2D eigenvalue weighted by Crippen LogP contribution is 2.24. The quantitative estimate of drug-likeness (QED) is 0.788. The minimum Gasteiger partial charge on any atom is -0.330 e. The molecule has 17 heavy (non-hydrogen) atoms. The van der Waals surface area contributed by atoms with Crippen molar-refractivity contribution >= 4 is 0 Å². The highest BCUT2D eigenvalue weighted by molar-refractivity contribution is 5.01. The van der Waals surface area contributed by atoms with Gasteiger partial charge in [-0.2, -0.15) is 0 Å². The van der Waals surface area contributed by atoms with E-state index in [-0.39, 0.29) is 0 Å². The van der Waals surface area contributed by atoms with Crippen LogP contribution in [0, 0.1) is 0 Å². The van der Waals surface area contributed by atoms with E-state index in [1.54, 1.807) is 0 Å². The smallest absolute Gasteiger partial charge is 0.111 e. The van der Waals surface area contributed by atoms with Crippen molar-refractivity contribution in [3.8, 4) is 0 Å². The normalized spacial score (nSPS) is 15.2. The van der Waals surface area contributed by atoms with Crippen molar-refractivity contribution in [2.24, 2.45) is 0 Å².